The second-order valence-corrected chi connectivity index (χ2v) is 5.79. The van der Waals surface area contributed by atoms with Crippen LogP contribution in [0.15, 0.2) is 47.6 Å². The van der Waals surface area contributed by atoms with E-state index in [0.717, 1.165) is 33.9 Å². The third kappa shape index (κ3) is 5.58. The van der Waals surface area contributed by atoms with Crippen LogP contribution in [0.3, 0.4) is 0 Å². The van der Waals surface area contributed by atoms with Gasteiger partial charge in [0.15, 0.2) is 0 Å². The summed E-state index contributed by atoms with van der Waals surface area (Å²) in [7, 11) is -2.47. The number of carboxylic acid groups (broad SMARTS) is 1. The van der Waals surface area contributed by atoms with Crippen LogP contribution in [0.5, 0.6) is 5.75 Å². The predicted molar refractivity (Wildman–Crippen MR) is 101 cm³/mol. The first kappa shape index (κ1) is 15.0. The standard InChI is InChI=1S/C21H26O3/c1-14(8-7-9-15(2)12-21(22)23)10-11-19-16(3)13-20(24-6)18(5)17(19)4/h7-13H,1-6H3,(H,22,23)/b9-7+,11-10+,14-8+,15-12+/i6D3. The second-order valence-electron chi connectivity index (χ2n) is 5.79. The number of ether oxygens (including phenoxy) is 1. The first-order valence-electron chi connectivity index (χ1n) is 9.15. The topological polar surface area (TPSA) is 46.5 Å². The Kier molecular flexibility index (Phi) is 5.58. The number of rotatable bonds is 6. The summed E-state index contributed by atoms with van der Waals surface area (Å²) in [5, 5.41) is 8.68. The number of hydrogen-bond acceptors (Lipinski definition) is 2. The summed E-state index contributed by atoms with van der Waals surface area (Å²) in [6, 6.07) is 1.74. The average molecular weight is 329 g/mol. The van der Waals surface area contributed by atoms with Crippen molar-refractivity contribution >= 4 is 12.0 Å². The minimum Gasteiger partial charge on any atom is -0.496 e. The number of aliphatic carboxylic acids is 1. The quantitative estimate of drug-likeness (QED) is 0.579. The van der Waals surface area contributed by atoms with Gasteiger partial charge in [0.05, 0.1) is 11.2 Å². The van der Waals surface area contributed by atoms with Gasteiger partial charge >= 0.3 is 5.97 Å². The van der Waals surface area contributed by atoms with Crippen molar-refractivity contribution in [3.8, 4) is 5.75 Å². The van der Waals surface area contributed by atoms with E-state index >= 15 is 0 Å². The number of carbonyl (C=O) groups is 1. The number of methoxy groups -OCH3 is 1. The van der Waals surface area contributed by atoms with Crippen molar-refractivity contribution in [3.63, 3.8) is 0 Å². The van der Waals surface area contributed by atoms with E-state index in [0.29, 0.717) is 11.3 Å². The number of carboxylic acids is 1. The van der Waals surface area contributed by atoms with Gasteiger partial charge in [0.25, 0.3) is 0 Å². The lowest BCUT2D eigenvalue weighted by Crippen LogP contribution is -1.95. The zero-order valence-electron chi connectivity index (χ0n) is 17.8. The Balaban J connectivity index is 3.04. The molecular formula is C21H26O3. The Bertz CT molecular complexity index is 826. The normalized spacial score (nSPS) is 15.5. The van der Waals surface area contributed by atoms with Gasteiger partial charge in [-0.3, -0.25) is 0 Å². The summed E-state index contributed by atoms with van der Waals surface area (Å²) in [5.41, 5.74) is 5.36. The molecule has 0 bridgehead atoms. The monoisotopic (exact) mass is 329 g/mol. The fourth-order valence-corrected chi connectivity index (χ4v) is 2.29. The Morgan fingerprint density at radius 2 is 1.88 bits per heavy atom. The highest BCUT2D eigenvalue weighted by molar-refractivity contribution is 5.81. The summed E-state index contributed by atoms with van der Waals surface area (Å²) >= 11 is 0. The third-order valence-corrected chi connectivity index (χ3v) is 3.80. The molecular weight excluding hydrogens is 300 g/mol. The molecule has 0 saturated heterocycles. The fraction of sp³-hybridized carbons (Fsp3) is 0.286. The van der Waals surface area contributed by atoms with E-state index in [1.807, 2.05) is 45.9 Å². The summed E-state index contributed by atoms with van der Waals surface area (Å²) in [4.78, 5) is 10.6. The van der Waals surface area contributed by atoms with Gasteiger partial charge < -0.3 is 9.84 Å². The van der Waals surface area contributed by atoms with Gasteiger partial charge in [-0.05, 0) is 68.5 Å². The average Bonchev–Trinajstić information content (AvgIpc) is 2.50. The molecule has 0 aromatic heterocycles. The van der Waals surface area contributed by atoms with Gasteiger partial charge in [0, 0.05) is 6.08 Å². The molecule has 0 radical (unpaired) electrons. The molecule has 0 spiro atoms. The molecule has 1 rings (SSSR count). The molecule has 1 aromatic rings. The van der Waals surface area contributed by atoms with Crippen molar-refractivity contribution in [3.05, 3.63) is 69.8 Å². The van der Waals surface area contributed by atoms with Crippen LogP contribution in [0.2, 0.25) is 0 Å². The molecule has 128 valence electrons. The van der Waals surface area contributed by atoms with Crippen molar-refractivity contribution in [1.82, 2.24) is 0 Å². The van der Waals surface area contributed by atoms with Gasteiger partial charge in [-0.15, -0.1) is 0 Å². The zero-order chi connectivity index (χ0) is 20.8. The van der Waals surface area contributed by atoms with Crippen molar-refractivity contribution in [2.24, 2.45) is 0 Å². The lowest BCUT2D eigenvalue weighted by Gasteiger charge is -2.13. The molecule has 0 saturated carbocycles. The van der Waals surface area contributed by atoms with Gasteiger partial charge in [-0.1, -0.05) is 36.0 Å². The summed E-state index contributed by atoms with van der Waals surface area (Å²) in [5.74, 6) is -0.594. The Morgan fingerprint density at radius 3 is 2.50 bits per heavy atom. The molecule has 0 atom stereocenters. The minimum absolute atomic E-state index is 0.373. The minimum atomic E-state index is -2.47. The van der Waals surface area contributed by atoms with Crippen molar-refractivity contribution in [1.29, 1.82) is 0 Å². The van der Waals surface area contributed by atoms with Crippen LogP contribution in [0.25, 0.3) is 6.08 Å². The van der Waals surface area contributed by atoms with E-state index in [4.69, 9.17) is 14.0 Å². The van der Waals surface area contributed by atoms with E-state index < -0.39 is 13.0 Å². The van der Waals surface area contributed by atoms with Gasteiger partial charge in [0.1, 0.15) is 5.75 Å². The Labute approximate surface area is 148 Å². The maximum Gasteiger partial charge on any atom is 0.328 e. The van der Waals surface area contributed by atoms with Crippen LogP contribution in [0, 0.1) is 20.8 Å². The van der Waals surface area contributed by atoms with Crippen LogP contribution in [-0.2, 0) is 4.79 Å². The van der Waals surface area contributed by atoms with E-state index in [-0.39, 0.29) is 0 Å². The van der Waals surface area contributed by atoms with Gasteiger partial charge in [-0.25, -0.2) is 4.79 Å². The SMILES string of the molecule is [2H]C([2H])([2H])Oc1cc(C)c(/C=C/C(C)=C/C=C/C(C)=C/C(=O)O)c(C)c1C. The number of hydrogen-bond donors (Lipinski definition) is 1. The van der Waals surface area contributed by atoms with Crippen LogP contribution >= 0.6 is 0 Å². The summed E-state index contributed by atoms with van der Waals surface area (Å²) in [6.07, 6.45) is 10.5. The first-order valence-corrected chi connectivity index (χ1v) is 7.65. The van der Waals surface area contributed by atoms with Gasteiger partial charge in [0.2, 0.25) is 0 Å². The molecule has 0 unspecified atom stereocenters. The molecule has 0 heterocycles. The predicted octanol–water partition coefficient (Wildman–Crippen LogP) is 5.17. The Morgan fingerprint density at radius 1 is 1.17 bits per heavy atom. The van der Waals surface area contributed by atoms with E-state index in [2.05, 4.69) is 0 Å². The van der Waals surface area contributed by atoms with Crippen molar-refractivity contribution in [2.45, 2.75) is 34.6 Å². The molecule has 1 aromatic carbocycles. The lowest BCUT2D eigenvalue weighted by atomic mass is 9.96. The number of allylic oxidation sites excluding steroid dienone is 6. The smallest absolute Gasteiger partial charge is 0.328 e. The number of aryl methyl sites for hydroxylation is 1. The van der Waals surface area contributed by atoms with Crippen LogP contribution < -0.4 is 4.74 Å². The third-order valence-electron chi connectivity index (χ3n) is 3.80. The molecule has 0 aliphatic heterocycles. The second kappa shape index (κ2) is 8.92. The first-order chi connectivity index (χ1) is 12.4. The molecule has 3 nitrogen and oxygen atoms in total. The molecule has 0 amide bonds. The zero-order valence-corrected chi connectivity index (χ0v) is 14.8. The highest BCUT2D eigenvalue weighted by Gasteiger charge is 2.08. The van der Waals surface area contributed by atoms with Crippen LogP contribution in [-0.4, -0.2) is 18.1 Å². The van der Waals surface area contributed by atoms with Crippen molar-refractivity contribution < 1.29 is 18.8 Å². The molecule has 0 fully saturated rings. The largest absolute Gasteiger partial charge is 0.496 e. The summed E-state index contributed by atoms with van der Waals surface area (Å²) in [6.45, 7) is 9.36. The highest BCUT2D eigenvalue weighted by Crippen LogP contribution is 2.28. The fourth-order valence-electron chi connectivity index (χ4n) is 2.29. The van der Waals surface area contributed by atoms with Gasteiger partial charge in [-0.2, -0.15) is 0 Å². The number of benzene rings is 1. The highest BCUT2D eigenvalue weighted by atomic mass is 16.5. The van der Waals surface area contributed by atoms with Crippen LogP contribution in [0.4, 0.5) is 0 Å². The maximum atomic E-state index is 10.6. The van der Waals surface area contributed by atoms with E-state index in [1.54, 1.807) is 25.1 Å². The van der Waals surface area contributed by atoms with E-state index in [1.165, 1.54) is 0 Å². The maximum absolute atomic E-state index is 10.6. The molecule has 0 aliphatic carbocycles. The lowest BCUT2D eigenvalue weighted by molar-refractivity contribution is -0.131. The molecule has 1 N–H and O–H groups in total. The van der Waals surface area contributed by atoms with Crippen LogP contribution in [0.1, 0.15) is 40.2 Å². The molecule has 0 aliphatic rings. The molecule has 24 heavy (non-hydrogen) atoms. The van der Waals surface area contributed by atoms with E-state index in [9.17, 15) is 4.79 Å². The Hall–Kier alpha value is -2.55. The van der Waals surface area contributed by atoms with Crippen molar-refractivity contribution in [2.75, 3.05) is 7.04 Å². The summed E-state index contributed by atoms with van der Waals surface area (Å²) < 4.78 is 26.9. The molecule has 3 heteroatoms.